The van der Waals surface area contributed by atoms with Crippen LogP contribution in [0.4, 0.5) is 5.69 Å². The van der Waals surface area contributed by atoms with Crippen LogP contribution >= 0.6 is 0 Å². The van der Waals surface area contributed by atoms with Crippen molar-refractivity contribution in [2.45, 2.75) is 26.3 Å². The van der Waals surface area contributed by atoms with Gasteiger partial charge in [0.15, 0.2) is 0 Å². The molecule has 0 aliphatic heterocycles. The maximum atomic E-state index is 12.3. The van der Waals surface area contributed by atoms with Crippen molar-refractivity contribution >= 4 is 11.6 Å². The Hall–Kier alpha value is -2.36. The Morgan fingerprint density at radius 1 is 1.19 bits per heavy atom. The summed E-state index contributed by atoms with van der Waals surface area (Å²) in [6, 6.07) is 11.8. The molecule has 4 nitrogen and oxygen atoms in total. The molecule has 2 N–H and O–H groups in total. The van der Waals surface area contributed by atoms with Gasteiger partial charge in [-0.05, 0) is 44.0 Å². The first-order valence-electron chi connectivity index (χ1n) is 7.19. The highest BCUT2D eigenvalue weighted by molar-refractivity contribution is 5.99. The van der Waals surface area contributed by atoms with E-state index in [1.54, 1.807) is 6.20 Å². The van der Waals surface area contributed by atoms with E-state index in [4.69, 9.17) is 0 Å². The minimum Gasteiger partial charge on any atom is -0.382 e. The highest BCUT2D eigenvalue weighted by Gasteiger charge is 2.10. The quantitative estimate of drug-likeness (QED) is 0.857. The van der Waals surface area contributed by atoms with E-state index in [0.29, 0.717) is 12.1 Å². The summed E-state index contributed by atoms with van der Waals surface area (Å²) in [7, 11) is 0. The van der Waals surface area contributed by atoms with Gasteiger partial charge in [-0.2, -0.15) is 0 Å². The van der Waals surface area contributed by atoms with E-state index in [-0.39, 0.29) is 11.9 Å². The lowest BCUT2D eigenvalue weighted by Gasteiger charge is -2.14. The summed E-state index contributed by atoms with van der Waals surface area (Å²) in [4.78, 5) is 16.3. The number of nitrogens with zero attached hydrogens (tertiary/aromatic N) is 1. The highest BCUT2D eigenvalue weighted by atomic mass is 16.1. The van der Waals surface area contributed by atoms with E-state index < -0.39 is 0 Å². The van der Waals surface area contributed by atoms with Gasteiger partial charge in [-0.3, -0.25) is 9.78 Å². The summed E-state index contributed by atoms with van der Waals surface area (Å²) < 4.78 is 0. The molecular formula is C17H21N3O. The molecule has 0 bridgehead atoms. The lowest BCUT2D eigenvalue weighted by atomic mass is 10.1. The second-order valence-corrected chi connectivity index (χ2v) is 5.21. The van der Waals surface area contributed by atoms with Crippen molar-refractivity contribution in [3.05, 3.63) is 59.9 Å². The molecule has 1 aromatic heterocycles. The average Bonchev–Trinajstić information content (AvgIpc) is 2.48. The van der Waals surface area contributed by atoms with E-state index in [9.17, 15) is 4.79 Å². The fourth-order valence-corrected chi connectivity index (χ4v) is 2.08. The molecule has 110 valence electrons. The zero-order chi connectivity index (χ0) is 15.1. The van der Waals surface area contributed by atoms with E-state index in [0.717, 1.165) is 17.7 Å². The molecule has 0 fully saturated rings. The minimum atomic E-state index is -0.0531. The van der Waals surface area contributed by atoms with E-state index in [2.05, 4.69) is 29.5 Å². The predicted octanol–water partition coefficient (Wildman–Crippen LogP) is 2.87. The van der Waals surface area contributed by atoms with Gasteiger partial charge in [0.1, 0.15) is 0 Å². The zero-order valence-electron chi connectivity index (χ0n) is 12.5. The maximum Gasteiger partial charge on any atom is 0.253 e. The molecule has 2 aromatic rings. The topological polar surface area (TPSA) is 54.0 Å². The first-order chi connectivity index (χ1) is 10.2. The van der Waals surface area contributed by atoms with Gasteiger partial charge in [0.25, 0.3) is 5.91 Å². The third kappa shape index (κ3) is 4.60. The Morgan fingerprint density at radius 2 is 2.00 bits per heavy atom. The lowest BCUT2D eigenvalue weighted by Crippen LogP contribution is -2.27. The second kappa shape index (κ2) is 7.43. The van der Waals surface area contributed by atoms with Crippen molar-refractivity contribution in [2.75, 3.05) is 11.9 Å². The van der Waals surface area contributed by atoms with Gasteiger partial charge in [-0.1, -0.05) is 18.2 Å². The van der Waals surface area contributed by atoms with Crippen LogP contribution in [0.5, 0.6) is 0 Å². The average molecular weight is 283 g/mol. The summed E-state index contributed by atoms with van der Waals surface area (Å²) in [5.74, 6) is -0.0531. The van der Waals surface area contributed by atoms with Crippen molar-refractivity contribution in [3.8, 4) is 0 Å². The fraction of sp³-hybridized carbons (Fsp3) is 0.294. The molecule has 4 heteroatoms. The highest BCUT2D eigenvalue weighted by Crippen LogP contribution is 2.15. The monoisotopic (exact) mass is 283 g/mol. The number of carbonyl (C=O) groups is 1. The maximum absolute atomic E-state index is 12.3. The van der Waals surface area contributed by atoms with Crippen LogP contribution in [0.1, 0.15) is 29.8 Å². The third-order valence-electron chi connectivity index (χ3n) is 3.04. The molecule has 0 saturated heterocycles. The largest absolute Gasteiger partial charge is 0.382 e. The third-order valence-corrected chi connectivity index (χ3v) is 3.04. The minimum absolute atomic E-state index is 0.0531. The van der Waals surface area contributed by atoms with Crippen molar-refractivity contribution in [1.82, 2.24) is 10.3 Å². The van der Waals surface area contributed by atoms with E-state index >= 15 is 0 Å². The molecular weight excluding hydrogens is 262 g/mol. The number of hydrogen-bond acceptors (Lipinski definition) is 3. The van der Waals surface area contributed by atoms with Gasteiger partial charge in [0, 0.05) is 30.7 Å². The molecule has 2 rings (SSSR count). The van der Waals surface area contributed by atoms with Crippen LogP contribution in [-0.4, -0.2) is 23.5 Å². The van der Waals surface area contributed by atoms with Crippen LogP contribution in [0.15, 0.2) is 48.8 Å². The SMILES string of the molecule is CC(C)Nc1ccccc1C(=O)NCCc1cccnc1. The van der Waals surface area contributed by atoms with E-state index in [1.807, 2.05) is 42.6 Å². The lowest BCUT2D eigenvalue weighted by molar-refractivity contribution is 0.0955. The van der Waals surface area contributed by atoms with Crippen LogP contribution in [0.3, 0.4) is 0 Å². The van der Waals surface area contributed by atoms with Crippen LogP contribution in [0.2, 0.25) is 0 Å². The van der Waals surface area contributed by atoms with Crippen LogP contribution in [0, 0.1) is 0 Å². The summed E-state index contributed by atoms with van der Waals surface area (Å²) in [5.41, 5.74) is 2.66. The molecule has 0 aliphatic rings. The van der Waals surface area contributed by atoms with Crippen LogP contribution in [-0.2, 0) is 6.42 Å². The normalized spacial score (nSPS) is 10.4. The Morgan fingerprint density at radius 3 is 2.71 bits per heavy atom. The van der Waals surface area contributed by atoms with Gasteiger partial charge in [0.2, 0.25) is 0 Å². The van der Waals surface area contributed by atoms with Crippen LogP contribution in [0.25, 0.3) is 0 Å². The Bertz CT molecular complexity index is 582. The molecule has 1 heterocycles. The summed E-state index contributed by atoms with van der Waals surface area (Å²) in [6.07, 6.45) is 4.34. The van der Waals surface area contributed by atoms with Gasteiger partial charge in [-0.15, -0.1) is 0 Å². The number of carbonyl (C=O) groups excluding carboxylic acids is 1. The molecule has 0 saturated carbocycles. The van der Waals surface area contributed by atoms with Crippen molar-refractivity contribution in [3.63, 3.8) is 0 Å². The molecule has 0 unspecified atom stereocenters. The van der Waals surface area contributed by atoms with Gasteiger partial charge in [0.05, 0.1) is 5.56 Å². The number of anilines is 1. The number of para-hydroxylation sites is 1. The van der Waals surface area contributed by atoms with Crippen LogP contribution < -0.4 is 10.6 Å². The summed E-state index contributed by atoms with van der Waals surface area (Å²) in [6.45, 7) is 4.70. The fourth-order valence-electron chi connectivity index (χ4n) is 2.08. The number of pyridine rings is 1. The smallest absolute Gasteiger partial charge is 0.253 e. The summed E-state index contributed by atoms with van der Waals surface area (Å²) >= 11 is 0. The molecule has 1 amide bonds. The standard InChI is InChI=1S/C17H21N3O/c1-13(2)20-16-8-4-3-7-15(16)17(21)19-11-9-14-6-5-10-18-12-14/h3-8,10,12-13,20H,9,11H2,1-2H3,(H,19,21). The number of rotatable bonds is 6. The molecule has 0 radical (unpaired) electrons. The first-order valence-corrected chi connectivity index (χ1v) is 7.19. The Balaban J connectivity index is 1.94. The Labute approximate surface area is 125 Å². The number of hydrogen-bond donors (Lipinski definition) is 2. The second-order valence-electron chi connectivity index (χ2n) is 5.21. The predicted molar refractivity (Wildman–Crippen MR) is 85.5 cm³/mol. The van der Waals surface area contributed by atoms with E-state index in [1.165, 1.54) is 0 Å². The zero-order valence-corrected chi connectivity index (χ0v) is 12.5. The molecule has 21 heavy (non-hydrogen) atoms. The van der Waals surface area contributed by atoms with Crippen molar-refractivity contribution < 1.29 is 4.79 Å². The first kappa shape index (κ1) is 15.0. The van der Waals surface area contributed by atoms with Gasteiger partial charge >= 0.3 is 0 Å². The molecule has 0 spiro atoms. The van der Waals surface area contributed by atoms with Crippen molar-refractivity contribution in [1.29, 1.82) is 0 Å². The van der Waals surface area contributed by atoms with Gasteiger partial charge < -0.3 is 10.6 Å². The number of amides is 1. The summed E-state index contributed by atoms with van der Waals surface area (Å²) in [5, 5.41) is 6.25. The number of nitrogens with one attached hydrogen (secondary N) is 2. The molecule has 0 atom stereocenters. The van der Waals surface area contributed by atoms with Crippen molar-refractivity contribution in [2.24, 2.45) is 0 Å². The molecule has 0 aliphatic carbocycles. The number of aromatic nitrogens is 1. The number of benzene rings is 1. The Kier molecular flexibility index (Phi) is 5.32. The molecule has 1 aromatic carbocycles. The van der Waals surface area contributed by atoms with Gasteiger partial charge in [-0.25, -0.2) is 0 Å².